The second kappa shape index (κ2) is 8.25. The fraction of sp³-hybridized carbons (Fsp3) is 0.500. The van der Waals surface area contributed by atoms with Gasteiger partial charge >= 0.3 is 6.03 Å². The van der Waals surface area contributed by atoms with Gasteiger partial charge in [0, 0.05) is 12.6 Å². The Morgan fingerprint density at radius 1 is 1.38 bits per heavy atom. The Kier molecular flexibility index (Phi) is 5.81. The third kappa shape index (κ3) is 4.18. The molecule has 0 spiro atoms. The minimum absolute atomic E-state index is 0.0659. The topological polar surface area (TPSA) is 67.6 Å². The minimum atomic E-state index is -0.0659. The number of hydrogen-bond donors (Lipinski definition) is 1. The summed E-state index contributed by atoms with van der Waals surface area (Å²) in [5.41, 5.74) is 2.05. The molecule has 1 aliphatic rings. The molecule has 26 heavy (non-hydrogen) atoms. The van der Waals surface area contributed by atoms with E-state index in [-0.39, 0.29) is 12.1 Å². The predicted octanol–water partition coefficient (Wildman–Crippen LogP) is 4.24. The predicted molar refractivity (Wildman–Crippen MR) is 99.1 cm³/mol. The molecule has 1 N–H and O–H groups in total. The number of hydrogen-bond acceptors (Lipinski definition) is 4. The van der Waals surface area contributed by atoms with Crippen molar-refractivity contribution in [3.8, 4) is 5.75 Å². The van der Waals surface area contributed by atoms with E-state index in [0.717, 1.165) is 36.4 Å². The number of amides is 2. The van der Waals surface area contributed by atoms with Crippen molar-refractivity contribution in [1.29, 1.82) is 0 Å². The molecule has 6 heteroatoms. The van der Waals surface area contributed by atoms with Crippen LogP contribution < -0.4 is 10.1 Å². The first-order chi connectivity index (χ1) is 12.6. The van der Waals surface area contributed by atoms with Crippen LogP contribution in [0.15, 0.2) is 34.9 Å². The summed E-state index contributed by atoms with van der Waals surface area (Å²) in [6.45, 7) is 7.85. The molecule has 0 radical (unpaired) electrons. The quantitative estimate of drug-likeness (QED) is 0.839. The molecule has 3 rings (SSSR count). The lowest BCUT2D eigenvalue weighted by molar-refractivity contribution is 0.191. The summed E-state index contributed by atoms with van der Waals surface area (Å²) in [4.78, 5) is 14.5. The normalized spacial score (nSPS) is 16.9. The van der Waals surface area contributed by atoms with E-state index in [1.54, 1.807) is 0 Å². The largest absolute Gasteiger partial charge is 0.494 e. The van der Waals surface area contributed by atoms with Crippen LogP contribution in [0.5, 0.6) is 5.75 Å². The van der Waals surface area contributed by atoms with Gasteiger partial charge in [-0.3, -0.25) is 0 Å². The van der Waals surface area contributed by atoms with Gasteiger partial charge in [-0.05, 0) is 43.4 Å². The monoisotopic (exact) mass is 357 g/mol. The van der Waals surface area contributed by atoms with Gasteiger partial charge in [-0.15, -0.1) is 0 Å². The third-order valence-electron chi connectivity index (χ3n) is 4.67. The number of rotatable bonds is 6. The number of benzene rings is 1. The maximum atomic E-state index is 12.6. The van der Waals surface area contributed by atoms with Gasteiger partial charge in [0.1, 0.15) is 5.75 Å². The zero-order chi connectivity index (χ0) is 18.5. The molecule has 0 saturated carbocycles. The van der Waals surface area contributed by atoms with Gasteiger partial charge in [0.25, 0.3) is 0 Å². The van der Waals surface area contributed by atoms with Crippen LogP contribution in [0, 0.1) is 0 Å². The first-order valence-electron chi connectivity index (χ1n) is 9.31. The molecule has 0 bridgehead atoms. The van der Waals surface area contributed by atoms with Gasteiger partial charge in [0.15, 0.2) is 5.76 Å². The maximum Gasteiger partial charge on any atom is 0.318 e. The molecule has 1 fully saturated rings. The van der Waals surface area contributed by atoms with Crippen molar-refractivity contribution < 1.29 is 14.1 Å². The summed E-state index contributed by atoms with van der Waals surface area (Å²) in [6, 6.07) is 9.97. The molecule has 1 atom stereocenters. The van der Waals surface area contributed by atoms with E-state index in [2.05, 4.69) is 24.3 Å². The van der Waals surface area contributed by atoms with Crippen molar-refractivity contribution in [2.24, 2.45) is 0 Å². The molecule has 1 saturated heterocycles. The average Bonchev–Trinajstić information content (AvgIpc) is 3.30. The summed E-state index contributed by atoms with van der Waals surface area (Å²) in [5, 5.41) is 6.98. The van der Waals surface area contributed by atoms with Crippen molar-refractivity contribution in [3.05, 3.63) is 47.3 Å². The van der Waals surface area contributed by atoms with Crippen molar-refractivity contribution in [1.82, 2.24) is 15.4 Å². The zero-order valence-electron chi connectivity index (χ0n) is 15.7. The SMILES string of the molecule is CCOc1ccc(C2CCCN2C(=O)NCc2cc(C(C)C)no2)cc1. The van der Waals surface area contributed by atoms with E-state index in [4.69, 9.17) is 9.26 Å². The number of urea groups is 1. The van der Waals surface area contributed by atoms with Crippen LogP contribution in [-0.4, -0.2) is 29.2 Å². The van der Waals surface area contributed by atoms with Gasteiger partial charge < -0.3 is 19.5 Å². The van der Waals surface area contributed by atoms with Crippen LogP contribution in [-0.2, 0) is 6.54 Å². The smallest absolute Gasteiger partial charge is 0.318 e. The molecule has 1 aromatic carbocycles. The van der Waals surface area contributed by atoms with E-state index < -0.39 is 0 Å². The lowest BCUT2D eigenvalue weighted by Gasteiger charge is -2.25. The third-order valence-corrected chi connectivity index (χ3v) is 4.67. The number of ether oxygens (including phenoxy) is 1. The minimum Gasteiger partial charge on any atom is -0.494 e. The number of carbonyl (C=O) groups is 1. The van der Waals surface area contributed by atoms with Gasteiger partial charge in [-0.2, -0.15) is 0 Å². The molecule has 2 heterocycles. The number of likely N-dealkylation sites (tertiary alicyclic amines) is 1. The van der Waals surface area contributed by atoms with Crippen LogP contribution in [0.25, 0.3) is 0 Å². The first kappa shape index (κ1) is 18.3. The van der Waals surface area contributed by atoms with E-state index in [0.29, 0.717) is 24.8 Å². The van der Waals surface area contributed by atoms with Crippen LogP contribution in [0.4, 0.5) is 4.79 Å². The molecular formula is C20H27N3O3. The molecule has 1 aromatic heterocycles. The Hall–Kier alpha value is -2.50. The number of carbonyl (C=O) groups excluding carboxylic acids is 1. The molecule has 0 aliphatic carbocycles. The fourth-order valence-corrected chi connectivity index (χ4v) is 3.26. The van der Waals surface area contributed by atoms with E-state index in [9.17, 15) is 4.79 Å². The summed E-state index contributed by atoms with van der Waals surface area (Å²) in [5.74, 6) is 1.85. The van der Waals surface area contributed by atoms with Crippen LogP contribution >= 0.6 is 0 Å². The highest BCUT2D eigenvalue weighted by Crippen LogP contribution is 2.32. The highest BCUT2D eigenvalue weighted by Gasteiger charge is 2.30. The Balaban J connectivity index is 1.60. The van der Waals surface area contributed by atoms with Crippen LogP contribution in [0.3, 0.4) is 0 Å². The first-order valence-corrected chi connectivity index (χ1v) is 9.31. The average molecular weight is 357 g/mol. The second-order valence-electron chi connectivity index (χ2n) is 6.88. The molecule has 6 nitrogen and oxygen atoms in total. The number of nitrogens with zero attached hydrogens (tertiary/aromatic N) is 2. The molecule has 1 unspecified atom stereocenters. The highest BCUT2D eigenvalue weighted by atomic mass is 16.5. The van der Waals surface area contributed by atoms with Crippen molar-refractivity contribution in [2.75, 3.05) is 13.2 Å². The van der Waals surface area contributed by atoms with Gasteiger partial charge in [0.2, 0.25) is 0 Å². The molecular weight excluding hydrogens is 330 g/mol. The molecule has 2 aromatic rings. The van der Waals surface area contributed by atoms with Gasteiger partial charge in [0.05, 0.1) is 24.9 Å². The summed E-state index contributed by atoms with van der Waals surface area (Å²) in [6.07, 6.45) is 1.98. The Morgan fingerprint density at radius 3 is 2.81 bits per heavy atom. The van der Waals surface area contributed by atoms with E-state index in [1.807, 2.05) is 42.2 Å². The number of nitrogens with one attached hydrogen (secondary N) is 1. The standard InChI is InChI=1S/C20H27N3O3/c1-4-25-16-9-7-15(8-10-16)19-6-5-11-23(19)20(24)21-13-17-12-18(14(2)3)22-26-17/h7-10,12,14,19H,4-6,11,13H2,1-3H3,(H,21,24). The van der Waals surface area contributed by atoms with Crippen molar-refractivity contribution >= 4 is 6.03 Å². The fourth-order valence-electron chi connectivity index (χ4n) is 3.26. The van der Waals surface area contributed by atoms with E-state index in [1.165, 1.54) is 0 Å². The lowest BCUT2D eigenvalue weighted by Crippen LogP contribution is -2.39. The van der Waals surface area contributed by atoms with Crippen molar-refractivity contribution in [2.45, 2.75) is 52.1 Å². The molecule has 140 valence electrons. The van der Waals surface area contributed by atoms with Gasteiger partial charge in [-0.25, -0.2) is 4.79 Å². The Labute approximate surface area is 154 Å². The summed E-state index contributed by atoms with van der Waals surface area (Å²) in [7, 11) is 0. The Bertz CT molecular complexity index is 724. The molecule has 2 amide bonds. The lowest BCUT2D eigenvalue weighted by atomic mass is 10.0. The maximum absolute atomic E-state index is 12.6. The Morgan fingerprint density at radius 2 is 2.15 bits per heavy atom. The van der Waals surface area contributed by atoms with Crippen molar-refractivity contribution in [3.63, 3.8) is 0 Å². The van der Waals surface area contributed by atoms with E-state index >= 15 is 0 Å². The molecule has 1 aliphatic heterocycles. The second-order valence-corrected chi connectivity index (χ2v) is 6.88. The summed E-state index contributed by atoms with van der Waals surface area (Å²) < 4.78 is 10.8. The van der Waals surface area contributed by atoms with Gasteiger partial charge in [-0.1, -0.05) is 31.1 Å². The zero-order valence-corrected chi connectivity index (χ0v) is 15.7. The number of aromatic nitrogens is 1. The van der Waals surface area contributed by atoms with Crippen LogP contribution in [0.2, 0.25) is 0 Å². The summed E-state index contributed by atoms with van der Waals surface area (Å²) >= 11 is 0. The van der Waals surface area contributed by atoms with Crippen LogP contribution in [0.1, 0.15) is 62.6 Å². The highest BCUT2D eigenvalue weighted by molar-refractivity contribution is 5.75.